The predicted octanol–water partition coefficient (Wildman–Crippen LogP) is 2.85. The molecule has 0 aliphatic carbocycles. The first kappa shape index (κ1) is 14.1. The van der Waals surface area contributed by atoms with E-state index in [0.717, 1.165) is 0 Å². The number of carbonyl (C=O) groups excluding carboxylic acids is 1. The molecule has 0 saturated carbocycles. The first-order chi connectivity index (χ1) is 9.01. The normalized spacial score (nSPS) is 10.5. The number of benzene rings is 1. The maximum absolute atomic E-state index is 12.4. The molecule has 2 aromatic rings. The van der Waals surface area contributed by atoms with Crippen LogP contribution in [0.5, 0.6) is 5.75 Å². The number of aromatic nitrogens is 1. The third-order valence-corrected chi connectivity index (χ3v) is 3.84. The van der Waals surface area contributed by atoms with Crippen LogP contribution in [-0.2, 0) is 4.74 Å². The summed E-state index contributed by atoms with van der Waals surface area (Å²) in [6, 6.07) is 1.76. The van der Waals surface area contributed by atoms with E-state index in [0.29, 0.717) is 20.2 Å². The number of methoxy groups -OCH3 is 2. The van der Waals surface area contributed by atoms with E-state index in [-0.39, 0.29) is 10.9 Å². The number of ether oxygens (including phenoxy) is 2. The zero-order valence-electron chi connectivity index (χ0n) is 10.0. The highest BCUT2D eigenvalue weighted by Gasteiger charge is 2.19. The number of fused-ring (bicyclic) bond motifs is 1. The fourth-order valence-corrected chi connectivity index (χ4v) is 3.20. The van der Waals surface area contributed by atoms with Crippen LogP contribution in [0.15, 0.2) is 26.0 Å². The molecule has 0 amide bonds. The average molecular weight is 391 g/mol. The number of carbonyl (C=O) groups is 1. The van der Waals surface area contributed by atoms with Gasteiger partial charge in [-0.1, -0.05) is 0 Å². The summed E-state index contributed by atoms with van der Waals surface area (Å²) >= 11 is 6.67. The molecule has 0 spiro atoms. The van der Waals surface area contributed by atoms with E-state index >= 15 is 0 Å². The lowest BCUT2D eigenvalue weighted by atomic mass is 10.1. The third-order valence-electron chi connectivity index (χ3n) is 2.63. The molecular weight excluding hydrogens is 382 g/mol. The standard InChI is InChI=1S/C12H9Br2NO4/c1-18-11-7(14)3-6(13)9-8(11)10(16)5(4-15-9)12(17)19-2/h3-4H,1-2H3,(H,15,16). The Kier molecular flexibility index (Phi) is 3.96. The topological polar surface area (TPSA) is 68.4 Å². The second-order valence-electron chi connectivity index (χ2n) is 3.65. The minimum atomic E-state index is -0.693. The molecule has 1 N–H and O–H groups in total. The lowest BCUT2D eigenvalue weighted by molar-refractivity contribution is 0.0599. The van der Waals surface area contributed by atoms with Gasteiger partial charge in [-0.15, -0.1) is 0 Å². The molecule has 1 heterocycles. The van der Waals surface area contributed by atoms with Gasteiger partial charge in [0.2, 0.25) is 5.43 Å². The van der Waals surface area contributed by atoms with Crippen molar-refractivity contribution in [3.05, 3.63) is 37.0 Å². The molecule has 0 unspecified atom stereocenters. The Bertz CT molecular complexity index is 724. The summed E-state index contributed by atoms with van der Waals surface area (Å²) in [5.41, 5.74) is 0.0375. The van der Waals surface area contributed by atoms with Crippen molar-refractivity contribution in [3.8, 4) is 5.75 Å². The van der Waals surface area contributed by atoms with Crippen molar-refractivity contribution in [1.29, 1.82) is 0 Å². The minimum absolute atomic E-state index is 0.0710. The smallest absolute Gasteiger partial charge is 0.343 e. The van der Waals surface area contributed by atoms with Gasteiger partial charge in [0, 0.05) is 10.7 Å². The Hall–Kier alpha value is -1.34. The number of pyridine rings is 1. The molecule has 1 aromatic heterocycles. The van der Waals surface area contributed by atoms with Crippen LogP contribution < -0.4 is 10.2 Å². The van der Waals surface area contributed by atoms with E-state index in [2.05, 4.69) is 41.6 Å². The Morgan fingerprint density at radius 2 is 1.95 bits per heavy atom. The lowest BCUT2D eigenvalue weighted by Gasteiger charge is -2.10. The largest absolute Gasteiger partial charge is 0.495 e. The van der Waals surface area contributed by atoms with E-state index < -0.39 is 11.4 Å². The van der Waals surface area contributed by atoms with Crippen LogP contribution in [0.25, 0.3) is 10.9 Å². The molecule has 2 rings (SSSR count). The Balaban J connectivity index is 2.95. The molecular formula is C12H9Br2NO4. The van der Waals surface area contributed by atoms with Gasteiger partial charge in [0.05, 0.1) is 29.6 Å². The van der Waals surface area contributed by atoms with Gasteiger partial charge in [0.15, 0.2) is 0 Å². The van der Waals surface area contributed by atoms with Crippen LogP contribution in [0.1, 0.15) is 10.4 Å². The number of esters is 1. The van der Waals surface area contributed by atoms with Gasteiger partial charge in [-0.2, -0.15) is 0 Å². The van der Waals surface area contributed by atoms with E-state index in [1.807, 2.05) is 0 Å². The third kappa shape index (κ3) is 2.28. The van der Waals surface area contributed by atoms with Gasteiger partial charge in [0.1, 0.15) is 11.3 Å². The first-order valence-corrected chi connectivity index (χ1v) is 6.75. The molecule has 0 bridgehead atoms. The molecule has 19 heavy (non-hydrogen) atoms. The number of hydrogen-bond acceptors (Lipinski definition) is 4. The molecule has 0 saturated heterocycles. The monoisotopic (exact) mass is 389 g/mol. The molecule has 0 aliphatic heterocycles. The van der Waals surface area contributed by atoms with Crippen LogP contribution in [0.2, 0.25) is 0 Å². The van der Waals surface area contributed by atoms with Crippen LogP contribution >= 0.6 is 31.9 Å². The Labute approximate surface area is 125 Å². The Morgan fingerprint density at radius 3 is 2.53 bits per heavy atom. The van der Waals surface area contributed by atoms with Crippen molar-refractivity contribution in [1.82, 2.24) is 4.98 Å². The van der Waals surface area contributed by atoms with Crippen molar-refractivity contribution in [2.45, 2.75) is 0 Å². The van der Waals surface area contributed by atoms with Crippen molar-refractivity contribution in [3.63, 3.8) is 0 Å². The van der Waals surface area contributed by atoms with Crippen molar-refractivity contribution >= 4 is 48.7 Å². The zero-order chi connectivity index (χ0) is 14.2. The zero-order valence-corrected chi connectivity index (χ0v) is 13.2. The van der Waals surface area contributed by atoms with E-state index in [4.69, 9.17) is 4.74 Å². The maximum atomic E-state index is 12.4. The van der Waals surface area contributed by atoms with Crippen molar-refractivity contribution < 1.29 is 14.3 Å². The number of rotatable bonds is 2. The second kappa shape index (κ2) is 5.34. The van der Waals surface area contributed by atoms with Crippen LogP contribution in [0, 0.1) is 0 Å². The number of H-pyrrole nitrogens is 1. The van der Waals surface area contributed by atoms with Crippen LogP contribution in [0.3, 0.4) is 0 Å². The number of nitrogens with one attached hydrogen (secondary N) is 1. The summed E-state index contributed by atoms with van der Waals surface area (Å²) in [5, 5.41) is 0.284. The quantitative estimate of drug-likeness (QED) is 0.800. The summed E-state index contributed by atoms with van der Waals surface area (Å²) in [4.78, 5) is 26.8. The van der Waals surface area contributed by atoms with Crippen molar-refractivity contribution in [2.24, 2.45) is 0 Å². The van der Waals surface area contributed by atoms with E-state index in [1.54, 1.807) is 6.07 Å². The highest BCUT2D eigenvalue weighted by Crippen LogP contribution is 2.35. The average Bonchev–Trinajstić information content (AvgIpc) is 2.39. The molecule has 0 aliphatic rings. The highest BCUT2D eigenvalue weighted by atomic mass is 79.9. The van der Waals surface area contributed by atoms with E-state index in [9.17, 15) is 9.59 Å². The molecule has 100 valence electrons. The predicted molar refractivity (Wildman–Crippen MR) is 77.9 cm³/mol. The molecule has 1 aromatic carbocycles. The molecule has 0 atom stereocenters. The molecule has 5 nitrogen and oxygen atoms in total. The molecule has 7 heteroatoms. The van der Waals surface area contributed by atoms with Gasteiger partial charge >= 0.3 is 5.97 Å². The first-order valence-electron chi connectivity index (χ1n) is 5.17. The summed E-state index contributed by atoms with van der Waals surface area (Å²) in [6.45, 7) is 0. The van der Waals surface area contributed by atoms with Gasteiger partial charge in [-0.3, -0.25) is 4.79 Å². The summed E-state index contributed by atoms with van der Waals surface area (Å²) in [6.07, 6.45) is 1.33. The number of hydrogen-bond donors (Lipinski definition) is 1. The van der Waals surface area contributed by atoms with Crippen LogP contribution in [0.4, 0.5) is 0 Å². The van der Waals surface area contributed by atoms with Gasteiger partial charge < -0.3 is 14.5 Å². The number of aromatic amines is 1. The maximum Gasteiger partial charge on any atom is 0.343 e. The minimum Gasteiger partial charge on any atom is -0.495 e. The fraction of sp³-hybridized carbons (Fsp3) is 0.167. The van der Waals surface area contributed by atoms with E-state index in [1.165, 1.54) is 20.4 Å². The highest BCUT2D eigenvalue weighted by molar-refractivity contribution is 9.11. The molecule has 0 radical (unpaired) electrons. The fourth-order valence-electron chi connectivity index (χ4n) is 1.76. The van der Waals surface area contributed by atoms with Crippen molar-refractivity contribution in [2.75, 3.05) is 14.2 Å². The Morgan fingerprint density at radius 1 is 1.26 bits per heavy atom. The summed E-state index contributed by atoms with van der Waals surface area (Å²) in [5.74, 6) is -0.327. The molecule has 0 fully saturated rings. The van der Waals surface area contributed by atoms with Gasteiger partial charge in [-0.05, 0) is 37.9 Å². The lowest BCUT2D eigenvalue weighted by Crippen LogP contribution is -2.17. The van der Waals surface area contributed by atoms with Gasteiger partial charge in [0.25, 0.3) is 0 Å². The second-order valence-corrected chi connectivity index (χ2v) is 5.36. The summed E-state index contributed by atoms with van der Waals surface area (Å²) in [7, 11) is 2.68. The SMILES string of the molecule is COC(=O)c1c[nH]c2c(Br)cc(Br)c(OC)c2c1=O. The van der Waals surface area contributed by atoms with Crippen LogP contribution in [-0.4, -0.2) is 25.2 Å². The summed E-state index contributed by atoms with van der Waals surface area (Å²) < 4.78 is 11.1. The number of halogens is 2. The van der Waals surface area contributed by atoms with Gasteiger partial charge in [-0.25, -0.2) is 4.79 Å².